The van der Waals surface area contributed by atoms with Crippen LogP contribution in [0.15, 0.2) is 12.1 Å². The molecule has 0 amide bonds. The Kier molecular flexibility index (Phi) is 5.32. The highest BCUT2D eigenvalue weighted by atomic mass is 19.4. The molecule has 9 nitrogen and oxygen atoms in total. The minimum absolute atomic E-state index is 0.120. The van der Waals surface area contributed by atoms with E-state index in [4.69, 9.17) is 5.11 Å². The summed E-state index contributed by atoms with van der Waals surface area (Å²) in [5.74, 6) is -2.11. The maximum Gasteiger partial charge on any atom is 0.416 e. The van der Waals surface area contributed by atoms with Crippen molar-refractivity contribution in [3.05, 3.63) is 37.9 Å². The zero-order valence-electron chi connectivity index (χ0n) is 12.3. The van der Waals surface area contributed by atoms with Crippen LogP contribution in [0.2, 0.25) is 0 Å². The van der Waals surface area contributed by atoms with Crippen LogP contribution in [0.5, 0.6) is 0 Å². The monoisotopic (exact) mass is 351 g/mol. The largest absolute Gasteiger partial charge is 0.480 e. The topological polar surface area (TPSA) is 136 Å². The number of alkyl halides is 3. The number of nitro benzene ring substituents is 2. The molecule has 12 heteroatoms. The van der Waals surface area contributed by atoms with Gasteiger partial charge in [0.15, 0.2) is 5.69 Å². The molecule has 0 bridgehead atoms. The molecular formula is C12H12F3N3O6. The number of nitrogens with zero attached hydrogens (tertiary/aromatic N) is 2. The smallest absolute Gasteiger partial charge is 0.416 e. The Morgan fingerprint density at radius 2 is 1.58 bits per heavy atom. The first kappa shape index (κ1) is 19.1. The summed E-state index contributed by atoms with van der Waals surface area (Å²) in [5, 5.41) is 33.2. The second-order valence-corrected chi connectivity index (χ2v) is 5.11. The molecule has 0 aliphatic rings. The Morgan fingerprint density at radius 3 is 1.83 bits per heavy atom. The Balaban J connectivity index is 3.65. The summed E-state index contributed by atoms with van der Waals surface area (Å²) < 4.78 is 38.3. The van der Waals surface area contributed by atoms with Gasteiger partial charge in [0.05, 0.1) is 15.4 Å². The predicted octanol–water partition coefficient (Wildman–Crippen LogP) is 3.04. The molecule has 2 N–H and O–H groups in total. The molecular weight excluding hydrogens is 339 g/mol. The Bertz CT molecular complexity index is 654. The van der Waals surface area contributed by atoms with Crippen molar-refractivity contribution in [1.82, 2.24) is 0 Å². The summed E-state index contributed by atoms with van der Waals surface area (Å²) in [7, 11) is 0. The number of anilines is 1. The van der Waals surface area contributed by atoms with Crippen molar-refractivity contribution < 1.29 is 32.9 Å². The van der Waals surface area contributed by atoms with E-state index in [1.165, 1.54) is 13.8 Å². The summed E-state index contributed by atoms with van der Waals surface area (Å²) >= 11 is 0. The average Bonchev–Trinajstić information content (AvgIpc) is 2.41. The second kappa shape index (κ2) is 6.68. The van der Waals surface area contributed by atoms with Gasteiger partial charge < -0.3 is 10.4 Å². The van der Waals surface area contributed by atoms with Gasteiger partial charge in [0.1, 0.15) is 6.04 Å². The molecule has 0 aliphatic carbocycles. The van der Waals surface area contributed by atoms with Crippen LogP contribution in [-0.4, -0.2) is 27.0 Å². The molecule has 0 aliphatic heterocycles. The van der Waals surface area contributed by atoms with Crippen LogP contribution in [0, 0.1) is 26.1 Å². The summed E-state index contributed by atoms with van der Waals surface area (Å²) in [5.41, 5.74) is -4.94. The lowest BCUT2D eigenvalue weighted by atomic mass is 10.0. The molecule has 24 heavy (non-hydrogen) atoms. The van der Waals surface area contributed by atoms with E-state index in [1.807, 2.05) is 0 Å². The van der Waals surface area contributed by atoms with E-state index >= 15 is 0 Å². The minimum atomic E-state index is -5.04. The number of carboxylic acid groups (broad SMARTS) is 1. The maximum atomic E-state index is 12.8. The molecule has 0 saturated heterocycles. The van der Waals surface area contributed by atoms with Crippen molar-refractivity contribution >= 4 is 23.0 Å². The highest BCUT2D eigenvalue weighted by molar-refractivity contribution is 5.83. The van der Waals surface area contributed by atoms with Crippen molar-refractivity contribution in [1.29, 1.82) is 0 Å². The van der Waals surface area contributed by atoms with E-state index < -0.39 is 56.6 Å². The van der Waals surface area contributed by atoms with Crippen molar-refractivity contribution in [3.63, 3.8) is 0 Å². The summed E-state index contributed by atoms with van der Waals surface area (Å²) in [4.78, 5) is 30.7. The fourth-order valence-electron chi connectivity index (χ4n) is 1.88. The SMILES string of the molecule is CC(C)[C@H](Nc1c([N+](=O)[O-])cc(C(F)(F)F)cc1[N+](=O)[O-])C(=O)O. The fourth-order valence-corrected chi connectivity index (χ4v) is 1.88. The molecule has 1 aromatic carbocycles. The van der Waals surface area contributed by atoms with Crippen molar-refractivity contribution in [3.8, 4) is 0 Å². The van der Waals surface area contributed by atoms with Crippen molar-refractivity contribution in [2.45, 2.75) is 26.1 Å². The molecule has 1 aromatic rings. The molecule has 1 atom stereocenters. The number of benzene rings is 1. The van der Waals surface area contributed by atoms with Gasteiger partial charge in [-0.2, -0.15) is 13.2 Å². The first-order valence-corrected chi connectivity index (χ1v) is 6.39. The Hall–Kier alpha value is -2.92. The third-order valence-electron chi connectivity index (χ3n) is 3.05. The first-order valence-electron chi connectivity index (χ1n) is 6.39. The molecule has 0 heterocycles. The van der Waals surface area contributed by atoms with Crippen molar-refractivity contribution in [2.75, 3.05) is 5.32 Å². The van der Waals surface area contributed by atoms with Crippen molar-refractivity contribution in [2.24, 2.45) is 5.92 Å². The number of hydrogen-bond acceptors (Lipinski definition) is 6. The number of aliphatic carboxylic acids is 1. The molecule has 0 unspecified atom stereocenters. The van der Waals surface area contributed by atoms with Gasteiger partial charge >= 0.3 is 12.1 Å². The molecule has 1 rings (SSSR count). The molecule has 0 radical (unpaired) electrons. The van der Waals surface area contributed by atoms with Crippen LogP contribution < -0.4 is 5.32 Å². The van der Waals surface area contributed by atoms with Gasteiger partial charge in [-0.25, -0.2) is 4.79 Å². The lowest BCUT2D eigenvalue weighted by Gasteiger charge is -2.19. The standard InChI is InChI=1S/C12H12F3N3O6/c1-5(2)9(11(19)20)16-10-7(17(21)22)3-6(12(13,14)15)4-8(10)18(23)24/h3-5,9,16H,1-2H3,(H,19,20)/t9-/m0/s1. The van der Waals surface area contributed by atoms with E-state index in [0.717, 1.165) is 0 Å². The van der Waals surface area contributed by atoms with Gasteiger partial charge in [0, 0.05) is 12.1 Å². The number of hydrogen-bond donors (Lipinski definition) is 2. The molecule has 132 valence electrons. The lowest BCUT2D eigenvalue weighted by Crippen LogP contribution is -2.34. The molecule has 0 saturated carbocycles. The summed E-state index contributed by atoms with van der Waals surface area (Å²) in [6.45, 7) is 2.85. The molecule has 0 aromatic heterocycles. The van der Waals surface area contributed by atoms with Crippen LogP contribution >= 0.6 is 0 Å². The van der Waals surface area contributed by atoms with E-state index in [1.54, 1.807) is 0 Å². The van der Waals surface area contributed by atoms with E-state index in [2.05, 4.69) is 5.32 Å². The lowest BCUT2D eigenvalue weighted by molar-refractivity contribution is -0.392. The van der Waals surface area contributed by atoms with Crippen LogP contribution in [0.25, 0.3) is 0 Å². The summed E-state index contributed by atoms with van der Waals surface area (Å²) in [6, 6.07) is -1.23. The van der Waals surface area contributed by atoms with Crippen LogP contribution in [-0.2, 0) is 11.0 Å². The minimum Gasteiger partial charge on any atom is -0.480 e. The molecule has 0 fully saturated rings. The van der Waals surface area contributed by atoms with E-state index in [-0.39, 0.29) is 12.1 Å². The Labute approximate surface area is 132 Å². The number of carboxylic acids is 1. The quantitative estimate of drug-likeness (QED) is 0.594. The Morgan fingerprint density at radius 1 is 1.17 bits per heavy atom. The zero-order valence-corrected chi connectivity index (χ0v) is 12.3. The van der Waals surface area contributed by atoms with Gasteiger partial charge in [-0.05, 0) is 5.92 Å². The summed E-state index contributed by atoms with van der Waals surface area (Å²) in [6.07, 6.45) is -5.04. The van der Waals surface area contributed by atoms with Gasteiger partial charge in [0.2, 0.25) is 0 Å². The van der Waals surface area contributed by atoms with E-state index in [9.17, 15) is 38.2 Å². The van der Waals surface area contributed by atoms with Gasteiger partial charge in [0.25, 0.3) is 11.4 Å². The third kappa shape index (κ3) is 4.08. The third-order valence-corrected chi connectivity index (χ3v) is 3.05. The number of carbonyl (C=O) groups is 1. The predicted molar refractivity (Wildman–Crippen MR) is 74.6 cm³/mol. The first-order chi connectivity index (χ1) is 10.9. The number of halogens is 3. The fraction of sp³-hybridized carbons (Fsp3) is 0.417. The van der Waals surface area contributed by atoms with Gasteiger partial charge in [-0.15, -0.1) is 0 Å². The van der Waals surface area contributed by atoms with Crippen LogP contribution in [0.1, 0.15) is 19.4 Å². The van der Waals surface area contributed by atoms with Gasteiger partial charge in [-0.3, -0.25) is 20.2 Å². The maximum absolute atomic E-state index is 12.8. The number of nitro groups is 2. The second-order valence-electron chi connectivity index (χ2n) is 5.11. The molecule has 0 spiro atoms. The van der Waals surface area contributed by atoms with E-state index in [0.29, 0.717) is 0 Å². The highest BCUT2D eigenvalue weighted by Crippen LogP contribution is 2.41. The van der Waals surface area contributed by atoms with Gasteiger partial charge in [-0.1, -0.05) is 13.8 Å². The average molecular weight is 351 g/mol. The zero-order chi connectivity index (χ0) is 18.8. The highest BCUT2D eigenvalue weighted by Gasteiger charge is 2.39. The number of nitrogens with one attached hydrogen (secondary N) is 1. The normalized spacial score (nSPS) is 12.8. The van der Waals surface area contributed by atoms with Crippen LogP contribution in [0.3, 0.4) is 0 Å². The van der Waals surface area contributed by atoms with Crippen LogP contribution in [0.4, 0.5) is 30.2 Å². The number of rotatable bonds is 6.